The van der Waals surface area contributed by atoms with E-state index in [0.29, 0.717) is 22.7 Å². The fourth-order valence-electron chi connectivity index (χ4n) is 4.95. The monoisotopic (exact) mass is 421 g/mol. The summed E-state index contributed by atoms with van der Waals surface area (Å²) in [5.74, 6) is -1.29. The minimum atomic E-state index is -1.26. The first-order valence-corrected chi connectivity index (χ1v) is 11.2. The average Bonchev–Trinajstić information content (AvgIpc) is 3.19. The smallest absolute Gasteiger partial charge is 0.250 e. The molecule has 28 heavy (non-hydrogen) atoms. The van der Waals surface area contributed by atoms with Gasteiger partial charge < -0.3 is 5.32 Å². The summed E-state index contributed by atoms with van der Waals surface area (Å²) in [6.45, 7) is 5.54. The molecule has 2 N–H and O–H groups in total. The highest BCUT2D eigenvalue weighted by Gasteiger charge is 2.71. The number of likely N-dealkylation sites (tertiary alicyclic amines) is 1. The van der Waals surface area contributed by atoms with Gasteiger partial charge in [0.2, 0.25) is 17.7 Å². The summed E-state index contributed by atoms with van der Waals surface area (Å²) in [7, 11) is 0. The maximum Gasteiger partial charge on any atom is 0.250 e. The standard InChI is InChI=1S/C20H24ClN3O3S/c1-19(2,3)24-16(25)13-12(8-9-28-4)23-20(14(13)17(24)26)10-6-5-7-11(21)15(10)22-18(20)27/h5-7,12-14,23H,8-9H2,1-4H3,(H,22,27)/t12-,13-,14-,20-/m1/s1. The third-order valence-electron chi connectivity index (χ3n) is 6.00. The zero-order chi connectivity index (χ0) is 20.4. The summed E-state index contributed by atoms with van der Waals surface area (Å²) >= 11 is 8.00. The average molecular weight is 422 g/mol. The number of nitrogens with one attached hydrogen (secondary N) is 2. The predicted molar refractivity (Wildman–Crippen MR) is 110 cm³/mol. The Morgan fingerprint density at radius 2 is 1.93 bits per heavy atom. The lowest BCUT2D eigenvalue weighted by atomic mass is 9.76. The van der Waals surface area contributed by atoms with E-state index >= 15 is 0 Å². The Labute approximate surface area is 173 Å². The van der Waals surface area contributed by atoms with Gasteiger partial charge in [0.1, 0.15) is 5.54 Å². The van der Waals surface area contributed by atoms with Crippen LogP contribution >= 0.6 is 23.4 Å². The molecule has 0 unspecified atom stereocenters. The first-order valence-electron chi connectivity index (χ1n) is 9.39. The molecule has 3 aliphatic rings. The third-order valence-corrected chi connectivity index (χ3v) is 6.96. The van der Waals surface area contributed by atoms with Gasteiger partial charge in [-0.15, -0.1) is 0 Å². The van der Waals surface area contributed by atoms with E-state index in [2.05, 4.69) is 10.6 Å². The summed E-state index contributed by atoms with van der Waals surface area (Å²) in [5.41, 5.74) is -0.722. The van der Waals surface area contributed by atoms with Crippen LogP contribution < -0.4 is 10.6 Å². The molecule has 0 aliphatic carbocycles. The minimum absolute atomic E-state index is 0.193. The van der Waals surface area contributed by atoms with E-state index in [1.54, 1.807) is 23.9 Å². The Kier molecular flexibility index (Phi) is 4.56. The molecule has 0 aromatic heterocycles. The lowest BCUT2D eigenvalue weighted by Crippen LogP contribution is -2.55. The number of fused-ring (bicyclic) bond motifs is 4. The number of rotatable bonds is 3. The van der Waals surface area contributed by atoms with Crippen LogP contribution in [0.4, 0.5) is 5.69 Å². The highest BCUT2D eigenvalue weighted by atomic mass is 35.5. The maximum absolute atomic E-state index is 13.5. The Morgan fingerprint density at radius 3 is 2.57 bits per heavy atom. The van der Waals surface area contributed by atoms with E-state index in [1.807, 2.05) is 33.1 Å². The second kappa shape index (κ2) is 6.47. The van der Waals surface area contributed by atoms with E-state index in [-0.39, 0.29) is 23.8 Å². The van der Waals surface area contributed by atoms with Crippen molar-refractivity contribution in [2.24, 2.45) is 11.8 Å². The molecule has 0 saturated carbocycles. The number of thioether (sulfide) groups is 1. The number of amides is 3. The van der Waals surface area contributed by atoms with Crippen LogP contribution in [-0.4, -0.2) is 46.2 Å². The van der Waals surface area contributed by atoms with Crippen molar-refractivity contribution in [3.05, 3.63) is 28.8 Å². The van der Waals surface area contributed by atoms with E-state index in [1.165, 1.54) is 4.90 Å². The van der Waals surface area contributed by atoms with Crippen LogP contribution in [0, 0.1) is 11.8 Å². The number of hydrogen-bond donors (Lipinski definition) is 2. The van der Waals surface area contributed by atoms with Crippen molar-refractivity contribution < 1.29 is 14.4 Å². The topological polar surface area (TPSA) is 78.5 Å². The van der Waals surface area contributed by atoms with Crippen LogP contribution in [-0.2, 0) is 19.9 Å². The van der Waals surface area contributed by atoms with E-state index in [9.17, 15) is 14.4 Å². The molecule has 3 heterocycles. The van der Waals surface area contributed by atoms with Gasteiger partial charge in [0.15, 0.2) is 0 Å². The van der Waals surface area contributed by atoms with Gasteiger partial charge in [-0.05, 0) is 45.3 Å². The number of anilines is 1. The number of hydrogen-bond acceptors (Lipinski definition) is 5. The summed E-state index contributed by atoms with van der Waals surface area (Å²) in [5, 5.41) is 6.70. The summed E-state index contributed by atoms with van der Waals surface area (Å²) in [6.07, 6.45) is 2.70. The maximum atomic E-state index is 13.5. The van der Waals surface area contributed by atoms with Crippen molar-refractivity contribution in [2.45, 2.75) is 44.3 Å². The Bertz CT molecular complexity index is 884. The molecule has 3 amide bonds. The number of benzene rings is 1. The van der Waals surface area contributed by atoms with Gasteiger partial charge in [-0.25, -0.2) is 0 Å². The van der Waals surface area contributed by atoms with Crippen LogP contribution in [0.25, 0.3) is 0 Å². The first kappa shape index (κ1) is 19.7. The SMILES string of the molecule is CSCC[C@H]1N[C@@]2(C(=O)Nc3c(Cl)cccc32)[C@H]2C(=O)N(C(C)(C)C)C(=O)[C@H]12. The molecule has 1 spiro atoms. The lowest BCUT2D eigenvalue weighted by molar-refractivity contribution is -0.147. The molecule has 1 aromatic carbocycles. The summed E-state index contributed by atoms with van der Waals surface area (Å²) in [6, 6.07) is 5.05. The number of nitrogens with zero attached hydrogens (tertiary/aromatic N) is 1. The predicted octanol–water partition coefficient (Wildman–Crippen LogP) is 2.61. The molecule has 2 fully saturated rings. The number of carbonyl (C=O) groups is 3. The zero-order valence-electron chi connectivity index (χ0n) is 16.3. The molecule has 1 aromatic rings. The van der Waals surface area contributed by atoms with Gasteiger partial charge in [0, 0.05) is 17.1 Å². The van der Waals surface area contributed by atoms with Crippen molar-refractivity contribution in [3.8, 4) is 0 Å². The molecule has 6 nitrogen and oxygen atoms in total. The molecule has 2 saturated heterocycles. The fraction of sp³-hybridized carbons (Fsp3) is 0.550. The summed E-state index contributed by atoms with van der Waals surface area (Å²) < 4.78 is 0. The first-order chi connectivity index (χ1) is 13.1. The largest absolute Gasteiger partial charge is 0.323 e. The van der Waals surface area contributed by atoms with Crippen LogP contribution in [0.3, 0.4) is 0 Å². The highest BCUT2D eigenvalue weighted by Crippen LogP contribution is 2.55. The normalized spacial score (nSPS) is 31.5. The number of para-hydroxylation sites is 1. The molecule has 0 radical (unpaired) electrons. The van der Waals surface area contributed by atoms with Gasteiger partial charge in [-0.3, -0.25) is 24.6 Å². The van der Waals surface area contributed by atoms with Crippen molar-refractivity contribution in [2.75, 3.05) is 17.3 Å². The van der Waals surface area contributed by atoms with Gasteiger partial charge in [-0.1, -0.05) is 23.7 Å². The molecule has 4 rings (SSSR count). The van der Waals surface area contributed by atoms with E-state index < -0.39 is 22.9 Å². The third kappa shape index (κ3) is 2.49. The van der Waals surface area contributed by atoms with Crippen molar-refractivity contribution in [3.63, 3.8) is 0 Å². The van der Waals surface area contributed by atoms with Crippen molar-refractivity contribution >= 4 is 46.8 Å². The van der Waals surface area contributed by atoms with E-state index in [0.717, 1.165) is 5.75 Å². The lowest BCUT2D eigenvalue weighted by Gasteiger charge is -2.34. The molecule has 150 valence electrons. The van der Waals surface area contributed by atoms with Crippen LogP contribution in [0.15, 0.2) is 18.2 Å². The Morgan fingerprint density at radius 1 is 1.21 bits per heavy atom. The molecule has 0 bridgehead atoms. The number of imide groups is 1. The van der Waals surface area contributed by atoms with E-state index in [4.69, 9.17) is 11.6 Å². The molecule has 4 atom stereocenters. The molecular weight excluding hydrogens is 398 g/mol. The summed E-state index contributed by atoms with van der Waals surface area (Å²) in [4.78, 5) is 41.5. The van der Waals surface area contributed by atoms with Crippen LogP contribution in [0.1, 0.15) is 32.8 Å². The second-order valence-corrected chi connectivity index (χ2v) is 10.0. The van der Waals surface area contributed by atoms with Gasteiger partial charge in [-0.2, -0.15) is 11.8 Å². The Hall–Kier alpha value is -1.57. The van der Waals surface area contributed by atoms with Gasteiger partial charge >= 0.3 is 0 Å². The molecular formula is C20H24ClN3O3S. The Balaban J connectivity index is 1.89. The van der Waals surface area contributed by atoms with Crippen molar-refractivity contribution in [1.82, 2.24) is 10.2 Å². The van der Waals surface area contributed by atoms with Gasteiger partial charge in [0.05, 0.1) is 22.5 Å². The number of carbonyl (C=O) groups excluding carboxylic acids is 3. The molecule has 8 heteroatoms. The quantitative estimate of drug-likeness (QED) is 0.733. The van der Waals surface area contributed by atoms with Gasteiger partial charge in [0.25, 0.3) is 0 Å². The number of halogens is 1. The second-order valence-electron chi connectivity index (χ2n) is 8.64. The van der Waals surface area contributed by atoms with Crippen LogP contribution in [0.5, 0.6) is 0 Å². The fourth-order valence-corrected chi connectivity index (χ4v) is 5.66. The highest BCUT2D eigenvalue weighted by molar-refractivity contribution is 7.98. The molecule has 3 aliphatic heterocycles. The van der Waals surface area contributed by atoms with Crippen molar-refractivity contribution in [1.29, 1.82) is 0 Å². The zero-order valence-corrected chi connectivity index (χ0v) is 17.9. The van der Waals surface area contributed by atoms with Crippen LogP contribution in [0.2, 0.25) is 5.02 Å². The minimum Gasteiger partial charge on any atom is -0.323 e.